The molecule has 1 aromatic carbocycles. The van der Waals surface area contributed by atoms with Gasteiger partial charge in [0.2, 0.25) is 5.91 Å². The van der Waals surface area contributed by atoms with Crippen LogP contribution in [-0.4, -0.2) is 77.6 Å². The molecule has 1 amide bonds. The largest absolute Gasteiger partial charge is 0.369 e. The zero-order valence-electron chi connectivity index (χ0n) is 18.4. The van der Waals surface area contributed by atoms with Crippen LogP contribution >= 0.6 is 24.8 Å². The standard InChI is InChI=1S/C22H32N6O.2ClH/c1-18-4-3-5-19(16-18)27-14-12-26(13-15-27)9-6-21(29)28-11-7-23-17-20(28)22-24-8-10-25(22)2;;/h3-5,8,10,16,20,23H,6-7,9,11-15,17H2,1-2H3;2*1H. The number of nitrogens with zero attached hydrogens (tertiary/aromatic N) is 5. The maximum absolute atomic E-state index is 13.0. The summed E-state index contributed by atoms with van der Waals surface area (Å²) in [6.07, 6.45) is 4.33. The highest BCUT2D eigenvalue weighted by Gasteiger charge is 2.30. The van der Waals surface area contributed by atoms with Gasteiger partial charge in [-0.2, -0.15) is 0 Å². The Morgan fingerprint density at radius 3 is 2.61 bits per heavy atom. The molecule has 2 aliphatic rings. The summed E-state index contributed by atoms with van der Waals surface area (Å²) in [4.78, 5) is 24.4. The third-order valence-corrected chi connectivity index (χ3v) is 6.10. The maximum atomic E-state index is 13.0. The Bertz CT molecular complexity index is 837. The van der Waals surface area contributed by atoms with E-state index in [2.05, 4.69) is 51.3 Å². The monoisotopic (exact) mass is 468 g/mol. The van der Waals surface area contributed by atoms with Gasteiger partial charge < -0.3 is 19.7 Å². The first-order chi connectivity index (χ1) is 14.1. The minimum atomic E-state index is 0. The molecule has 172 valence electrons. The van der Waals surface area contributed by atoms with Crippen molar-refractivity contribution in [3.05, 3.63) is 48.0 Å². The van der Waals surface area contributed by atoms with Gasteiger partial charge in [-0.25, -0.2) is 4.98 Å². The molecular formula is C22H34Cl2N6O. The molecule has 31 heavy (non-hydrogen) atoms. The van der Waals surface area contributed by atoms with E-state index in [0.29, 0.717) is 6.42 Å². The average molecular weight is 469 g/mol. The molecule has 9 heteroatoms. The van der Waals surface area contributed by atoms with E-state index in [0.717, 1.165) is 58.2 Å². The third-order valence-electron chi connectivity index (χ3n) is 6.10. The molecule has 1 N–H and O–H groups in total. The molecule has 1 unspecified atom stereocenters. The predicted molar refractivity (Wildman–Crippen MR) is 129 cm³/mol. The molecule has 4 rings (SSSR count). The highest BCUT2D eigenvalue weighted by atomic mass is 35.5. The minimum Gasteiger partial charge on any atom is -0.369 e. The Kier molecular flexibility index (Phi) is 9.62. The lowest BCUT2D eigenvalue weighted by Crippen LogP contribution is -2.51. The molecule has 1 aromatic heterocycles. The van der Waals surface area contributed by atoms with Crippen molar-refractivity contribution in [3.8, 4) is 0 Å². The molecule has 0 radical (unpaired) electrons. The molecule has 0 saturated carbocycles. The van der Waals surface area contributed by atoms with Crippen LogP contribution < -0.4 is 10.2 Å². The molecule has 1 atom stereocenters. The summed E-state index contributed by atoms with van der Waals surface area (Å²) in [7, 11) is 1.99. The van der Waals surface area contributed by atoms with Crippen molar-refractivity contribution < 1.29 is 4.79 Å². The molecule has 7 nitrogen and oxygen atoms in total. The number of rotatable bonds is 5. The zero-order chi connectivity index (χ0) is 20.2. The van der Waals surface area contributed by atoms with E-state index in [1.54, 1.807) is 6.20 Å². The summed E-state index contributed by atoms with van der Waals surface area (Å²) in [6, 6.07) is 8.73. The van der Waals surface area contributed by atoms with Crippen molar-refractivity contribution in [1.82, 2.24) is 24.7 Å². The van der Waals surface area contributed by atoms with E-state index in [1.165, 1.54) is 11.3 Å². The summed E-state index contributed by atoms with van der Waals surface area (Å²) < 4.78 is 2.02. The number of imidazole rings is 1. The van der Waals surface area contributed by atoms with Crippen LogP contribution in [0.4, 0.5) is 5.69 Å². The number of aromatic nitrogens is 2. The van der Waals surface area contributed by atoms with Gasteiger partial charge in [-0.15, -0.1) is 24.8 Å². The Morgan fingerprint density at radius 1 is 1.16 bits per heavy atom. The number of benzene rings is 1. The van der Waals surface area contributed by atoms with Crippen molar-refractivity contribution in [2.75, 3.05) is 57.3 Å². The van der Waals surface area contributed by atoms with E-state index in [1.807, 2.05) is 22.7 Å². The minimum absolute atomic E-state index is 0. The fourth-order valence-electron chi connectivity index (χ4n) is 4.38. The number of aryl methyl sites for hydroxylation is 2. The van der Waals surface area contributed by atoms with E-state index in [9.17, 15) is 4.79 Å². The number of amides is 1. The molecule has 2 aromatic rings. The van der Waals surface area contributed by atoms with Gasteiger partial charge in [0, 0.05) is 83.9 Å². The van der Waals surface area contributed by atoms with Crippen molar-refractivity contribution in [2.45, 2.75) is 19.4 Å². The van der Waals surface area contributed by atoms with Crippen LogP contribution in [0.15, 0.2) is 36.7 Å². The van der Waals surface area contributed by atoms with Gasteiger partial charge in [-0.3, -0.25) is 9.69 Å². The molecule has 0 bridgehead atoms. The van der Waals surface area contributed by atoms with Gasteiger partial charge in [-0.1, -0.05) is 12.1 Å². The molecular weight excluding hydrogens is 435 g/mol. The Labute approximate surface area is 197 Å². The normalized spacial score (nSPS) is 19.5. The topological polar surface area (TPSA) is 56.6 Å². The van der Waals surface area contributed by atoms with Gasteiger partial charge in [0.15, 0.2) is 0 Å². The predicted octanol–water partition coefficient (Wildman–Crippen LogP) is 2.26. The summed E-state index contributed by atoms with van der Waals surface area (Å²) in [5.41, 5.74) is 2.60. The summed E-state index contributed by atoms with van der Waals surface area (Å²) >= 11 is 0. The number of carbonyl (C=O) groups is 1. The Balaban J connectivity index is 0.00000171. The van der Waals surface area contributed by atoms with Gasteiger partial charge >= 0.3 is 0 Å². The van der Waals surface area contributed by atoms with Gasteiger partial charge in [-0.05, 0) is 24.6 Å². The lowest BCUT2D eigenvalue weighted by atomic mass is 10.1. The van der Waals surface area contributed by atoms with Crippen LogP contribution in [0.3, 0.4) is 0 Å². The fraction of sp³-hybridized carbons (Fsp3) is 0.545. The average Bonchev–Trinajstić information content (AvgIpc) is 3.18. The van der Waals surface area contributed by atoms with Crippen molar-refractivity contribution >= 4 is 36.4 Å². The number of nitrogens with one attached hydrogen (secondary N) is 1. The molecule has 0 aliphatic carbocycles. The first-order valence-electron chi connectivity index (χ1n) is 10.6. The van der Waals surface area contributed by atoms with E-state index < -0.39 is 0 Å². The van der Waals surface area contributed by atoms with Crippen LogP contribution in [0.2, 0.25) is 0 Å². The molecule has 2 saturated heterocycles. The summed E-state index contributed by atoms with van der Waals surface area (Å²) in [5.74, 6) is 1.19. The quantitative estimate of drug-likeness (QED) is 0.728. The Morgan fingerprint density at radius 2 is 1.94 bits per heavy atom. The smallest absolute Gasteiger partial charge is 0.224 e. The van der Waals surface area contributed by atoms with Crippen LogP contribution in [0.1, 0.15) is 23.9 Å². The fourth-order valence-corrected chi connectivity index (χ4v) is 4.38. The van der Waals surface area contributed by atoms with Crippen LogP contribution in [0.25, 0.3) is 0 Å². The Hall–Kier alpha value is -1.80. The SMILES string of the molecule is Cc1cccc(N2CCN(CCC(=O)N3CCNCC3c3nccn3C)CC2)c1.Cl.Cl. The molecule has 3 heterocycles. The third kappa shape index (κ3) is 6.13. The second kappa shape index (κ2) is 11.7. The van der Waals surface area contributed by atoms with Gasteiger partial charge in [0.05, 0.1) is 0 Å². The number of hydrogen-bond acceptors (Lipinski definition) is 5. The lowest BCUT2D eigenvalue weighted by molar-refractivity contribution is -0.135. The van der Waals surface area contributed by atoms with Crippen LogP contribution in [0, 0.1) is 6.92 Å². The maximum Gasteiger partial charge on any atom is 0.224 e. The van der Waals surface area contributed by atoms with Crippen molar-refractivity contribution in [2.24, 2.45) is 7.05 Å². The number of hydrogen-bond donors (Lipinski definition) is 1. The van der Waals surface area contributed by atoms with Gasteiger partial charge in [0.25, 0.3) is 0 Å². The number of piperazine rings is 2. The highest BCUT2D eigenvalue weighted by molar-refractivity contribution is 5.85. The van der Waals surface area contributed by atoms with Crippen molar-refractivity contribution in [3.63, 3.8) is 0 Å². The second-order valence-electron chi connectivity index (χ2n) is 8.12. The zero-order valence-corrected chi connectivity index (χ0v) is 20.0. The lowest BCUT2D eigenvalue weighted by Gasteiger charge is -2.38. The molecule has 0 spiro atoms. The van der Waals surface area contributed by atoms with E-state index in [-0.39, 0.29) is 36.8 Å². The summed E-state index contributed by atoms with van der Waals surface area (Å²) in [6.45, 7) is 9.38. The number of halogens is 2. The molecule has 2 aliphatic heterocycles. The summed E-state index contributed by atoms with van der Waals surface area (Å²) in [5, 5.41) is 3.40. The number of anilines is 1. The van der Waals surface area contributed by atoms with Gasteiger partial charge in [0.1, 0.15) is 11.9 Å². The van der Waals surface area contributed by atoms with E-state index in [4.69, 9.17) is 0 Å². The molecule has 2 fully saturated rings. The van der Waals surface area contributed by atoms with Crippen LogP contribution in [0.5, 0.6) is 0 Å². The van der Waals surface area contributed by atoms with E-state index >= 15 is 0 Å². The second-order valence-corrected chi connectivity index (χ2v) is 8.12. The van der Waals surface area contributed by atoms with Crippen LogP contribution in [-0.2, 0) is 11.8 Å². The highest BCUT2D eigenvalue weighted by Crippen LogP contribution is 2.22. The first kappa shape index (κ1) is 25.5. The first-order valence-corrected chi connectivity index (χ1v) is 10.6. The number of carbonyl (C=O) groups excluding carboxylic acids is 1. The van der Waals surface area contributed by atoms with Crippen molar-refractivity contribution in [1.29, 1.82) is 0 Å².